The van der Waals surface area contributed by atoms with Gasteiger partial charge in [0.1, 0.15) is 5.82 Å². The zero-order valence-corrected chi connectivity index (χ0v) is 12.2. The van der Waals surface area contributed by atoms with Gasteiger partial charge in [-0.1, -0.05) is 12.1 Å². The van der Waals surface area contributed by atoms with Crippen molar-refractivity contribution in [3.8, 4) is 0 Å². The predicted octanol–water partition coefficient (Wildman–Crippen LogP) is 2.53. The molecular weight excluding hydrogens is 288 g/mol. The molecule has 0 aliphatic rings. The number of para-hydroxylation sites is 1. The highest BCUT2D eigenvalue weighted by Crippen LogP contribution is 2.19. The lowest BCUT2D eigenvalue weighted by molar-refractivity contribution is 0.659. The van der Waals surface area contributed by atoms with E-state index in [-0.39, 0.29) is 10.9 Å². The molecule has 2 aromatic heterocycles. The summed E-state index contributed by atoms with van der Waals surface area (Å²) in [6.07, 6.45) is 1.59. The lowest BCUT2D eigenvalue weighted by Gasteiger charge is -2.14. The average molecular weight is 301 g/mol. The van der Waals surface area contributed by atoms with Crippen LogP contribution in [0.1, 0.15) is 23.8 Å². The van der Waals surface area contributed by atoms with E-state index in [1.807, 2.05) is 24.3 Å². The standard InChI is InChI=1S/C15H13ClN4O/c1-10(16)14-18-13-7-3-2-6-12(13)15(21)20(14)9-11-5-4-8-17-19-11/h2-8,10H,9H2,1H3. The van der Waals surface area contributed by atoms with Gasteiger partial charge < -0.3 is 0 Å². The highest BCUT2D eigenvalue weighted by Gasteiger charge is 2.15. The highest BCUT2D eigenvalue weighted by molar-refractivity contribution is 6.20. The fourth-order valence-electron chi connectivity index (χ4n) is 2.22. The van der Waals surface area contributed by atoms with Crippen LogP contribution in [0.25, 0.3) is 10.9 Å². The smallest absolute Gasteiger partial charge is 0.261 e. The van der Waals surface area contributed by atoms with Crippen LogP contribution in [-0.4, -0.2) is 19.7 Å². The quantitative estimate of drug-likeness (QED) is 0.697. The van der Waals surface area contributed by atoms with Crippen LogP contribution in [0.5, 0.6) is 0 Å². The van der Waals surface area contributed by atoms with Gasteiger partial charge in [-0.3, -0.25) is 9.36 Å². The topological polar surface area (TPSA) is 60.7 Å². The summed E-state index contributed by atoms with van der Waals surface area (Å²) in [5.74, 6) is 0.533. The molecule has 0 aliphatic carbocycles. The largest absolute Gasteiger partial charge is 0.289 e. The van der Waals surface area contributed by atoms with Crippen LogP contribution in [-0.2, 0) is 6.54 Å². The van der Waals surface area contributed by atoms with E-state index in [0.717, 1.165) is 0 Å². The molecule has 0 radical (unpaired) electrons. The second-order valence-electron chi connectivity index (χ2n) is 4.71. The van der Waals surface area contributed by atoms with Gasteiger partial charge in [0.15, 0.2) is 0 Å². The van der Waals surface area contributed by atoms with E-state index >= 15 is 0 Å². The number of alkyl halides is 1. The first kappa shape index (κ1) is 13.7. The van der Waals surface area contributed by atoms with Gasteiger partial charge in [0.05, 0.1) is 28.5 Å². The van der Waals surface area contributed by atoms with Crippen molar-refractivity contribution in [3.05, 3.63) is 64.5 Å². The molecule has 6 heteroatoms. The van der Waals surface area contributed by atoms with Crippen molar-refractivity contribution >= 4 is 22.5 Å². The van der Waals surface area contributed by atoms with Gasteiger partial charge in [-0.15, -0.1) is 11.6 Å². The minimum absolute atomic E-state index is 0.117. The van der Waals surface area contributed by atoms with E-state index in [2.05, 4.69) is 15.2 Å². The zero-order valence-electron chi connectivity index (χ0n) is 11.4. The van der Waals surface area contributed by atoms with Gasteiger partial charge in [0.2, 0.25) is 0 Å². The third kappa shape index (κ3) is 2.64. The van der Waals surface area contributed by atoms with Gasteiger partial charge in [-0.25, -0.2) is 4.98 Å². The SMILES string of the molecule is CC(Cl)c1nc2ccccc2c(=O)n1Cc1cccnn1. The average Bonchev–Trinajstić information content (AvgIpc) is 2.51. The van der Waals surface area contributed by atoms with Gasteiger partial charge in [-0.2, -0.15) is 10.2 Å². The Hall–Kier alpha value is -2.27. The third-order valence-corrected chi connectivity index (χ3v) is 3.39. The summed E-state index contributed by atoms with van der Waals surface area (Å²) in [7, 11) is 0. The van der Waals surface area contributed by atoms with Crippen LogP contribution >= 0.6 is 11.6 Å². The second kappa shape index (κ2) is 5.61. The summed E-state index contributed by atoms with van der Waals surface area (Å²) in [5, 5.41) is 8.04. The maximum atomic E-state index is 12.7. The first-order valence-corrected chi connectivity index (χ1v) is 7.00. The predicted molar refractivity (Wildman–Crippen MR) is 81.4 cm³/mol. The van der Waals surface area contributed by atoms with Crippen LogP contribution in [0.4, 0.5) is 0 Å². The fraction of sp³-hybridized carbons (Fsp3) is 0.200. The highest BCUT2D eigenvalue weighted by atomic mass is 35.5. The number of benzene rings is 1. The van der Waals surface area contributed by atoms with Crippen molar-refractivity contribution in [2.45, 2.75) is 18.8 Å². The molecule has 0 amide bonds. The Balaban J connectivity index is 2.22. The lowest BCUT2D eigenvalue weighted by atomic mass is 10.2. The van der Waals surface area contributed by atoms with E-state index in [0.29, 0.717) is 29.0 Å². The fourth-order valence-corrected chi connectivity index (χ4v) is 2.39. The molecule has 0 N–H and O–H groups in total. The number of hydrogen-bond donors (Lipinski definition) is 0. The molecule has 0 saturated carbocycles. The number of fused-ring (bicyclic) bond motifs is 1. The molecule has 1 unspecified atom stereocenters. The molecule has 3 aromatic rings. The Kier molecular flexibility index (Phi) is 3.66. The first-order valence-electron chi connectivity index (χ1n) is 6.57. The summed E-state index contributed by atoms with van der Waals surface area (Å²) in [6.45, 7) is 2.10. The molecule has 1 aromatic carbocycles. The molecule has 1 atom stereocenters. The molecule has 0 aliphatic heterocycles. The number of nitrogens with zero attached hydrogens (tertiary/aromatic N) is 4. The lowest BCUT2D eigenvalue weighted by Crippen LogP contribution is -2.26. The van der Waals surface area contributed by atoms with Gasteiger partial charge in [0, 0.05) is 6.20 Å². The van der Waals surface area contributed by atoms with Crippen LogP contribution in [0.3, 0.4) is 0 Å². The minimum Gasteiger partial charge on any atom is -0.289 e. The molecule has 5 nitrogen and oxygen atoms in total. The molecule has 2 heterocycles. The van der Waals surface area contributed by atoms with Crippen LogP contribution in [0, 0.1) is 0 Å². The molecule has 0 spiro atoms. The van der Waals surface area contributed by atoms with Crippen molar-refractivity contribution < 1.29 is 0 Å². The molecule has 0 bridgehead atoms. The minimum atomic E-state index is -0.376. The van der Waals surface area contributed by atoms with Gasteiger partial charge in [-0.05, 0) is 31.2 Å². The molecule has 0 saturated heterocycles. The second-order valence-corrected chi connectivity index (χ2v) is 5.36. The van der Waals surface area contributed by atoms with Crippen molar-refractivity contribution in [1.29, 1.82) is 0 Å². The summed E-state index contributed by atoms with van der Waals surface area (Å²) in [4.78, 5) is 17.2. The molecule has 3 rings (SSSR count). The van der Waals surface area contributed by atoms with Crippen LogP contribution in [0.15, 0.2) is 47.4 Å². The van der Waals surface area contributed by atoms with E-state index < -0.39 is 0 Å². The zero-order chi connectivity index (χ0) is 14.8. The molecule has 106 valence electrons. The van der Waals surface area contributed by atoms with E-state index in [4.69, 9.17) is 11.6 Å². The summed E-state index contributed by atoms with van der Waals surface area (Å²) in [6, 6.07) is 10.8. The Labute approximate surface area is 126 Å². The van der Waals surface area contributed by atoms with Crippen molar-refractivity contribution in [2.24, 2.45) is 0 Å². The van der Waals surface area contributed by atoms with Crippen molar-refractivity contribution in [1.82, 2.24) is 19.7 Å². The van der Waals surface area contributed by atoms with E-state index in [9.17, 15) is 4.79 Å². The molecule has 21 heavy (non-hydrogen) atoms. The van der Waals surface area contributed by atoms with Crippen LogP contribution < -0.4 is 5.56 Å². The maximum absolute atomic E-state index is 12.7. The number of rotatable bonds is 3. The number of hydrogen-bond acceptors (Lipinski definition) is 4. The Morgan fingerprint density at radius 2 is 2.05 bits per heavy atom. The monoisotopic (exact) mass is 300 g/mol. The molecule has 0 fully saturated rings. The van der Waals surface area contributed by atoms with E-state index in [1.165, 1.54) is 0 Å². The van der Waals surface area contributed by atoms with Crippen molar-refractivity contribution in [2.75, 3.05) is 0 Å². The Morgan fingerprint density at radius 1 is 1.24 bits per heavy atom. The number of aromatic nitrogens is 4. The summed E-state index contributed by atoms with van der Waals surface area (Å²) < 4.78 is 1.56. The van der Waals surface area contributed by atoms with Crippen molar-refractivity contribution in [3.63, 3.8) is 0 Å². The van der Waals surface area contributed by atoms with E-state index in [1.54, 1.807) is 29.8 Å². The maximum Gasteiger partial charge on any atom is 0.261 e. The normalized spacial score (nSPS) is 12.5. The Morgan fingerprint density at radius 3 is 2.76 bits per heavy atom. The van der Waals surface area contributed by atoms with Crippen LogP contribution in [0.2, 0.25) is 0 Å². The van der Waals surface area contributed by atoms with Gasteiger partial charge >= 0.3 is 0 Å². The Bertz CT molecular complexity index is 830. The van der Waals surface area contributed by atoms with Gasteiger partial charge in [0.25, 0.3) is 5.56 Å². The first-order chi connectivity index (χ1) is 10.2. The number of halogens is 1. The summed E-state index contributed by atoms with van der Waals surface area (Å²) in [5.41, 5.74) is 1.23. The summed E-state index contributed by atoms with van der Waals surface area (Å²) >= 11 is 6.19. The molecular formula is C15H13ClN4O. The third-order valence-electron chi connectivity index (χ3n) is 3.19.